The zero-order chi connectivity index (χ0) is 18.1. The second kappa shape index (κ2) is 6.52. The van der Waals surface area contributed by atoms with E-state index in [4.69, 9.17) is 4.74 Å². The largest absolute Gasteiger partial charge is 0.496 e. The van der Waals surface area contributed by atoms with Gasteiger partial charge in [-0.2, -0.15) is 0 Å². The smallest absolute Gasteiger partial charge is 0.282 e. The number of fused-ring (bicyclic) bond motifs is 1. The molecule has 130 valence electrons. The molecule has 0 aliphatic carbocycles. The minimum atomic E-state index is -0.574. The molecule has 0 bridgehead atoms. The number of nitro benzene ring substituents is 1. The number of ether oxygens (including phenoxy) is 1. The zero-order valence-electron chi connectivity index (χ0n) is 13.9. The van der Waals surface area contributed by atoms with Gasteiger partial charge in [-0.3, -0.25) is 14.9 Å². The number of nitrogens with zero attached hydrogens (tertiary/aromatic N) is 2. The van der Waals surface area contributed by atoms with Crippen molar-refractivity contribution in [3.8, 4) is 5.75 Å². The highest BCUT2D eigenvalue weighted by atomic mass is 16.6. The number of benzene rings is 2. The molecule has 0 unspecified atom stereocenters. The highest BCUT2D eigenvalue weighted by molar-refractivity contribution is 6.10. The van der Waals surface area contributed by atoms with Gasteiger partial charge in [-0.25, -0.2) is 0 Å². The number of para-hydroxylation sites is 1. The number of anilines is 1. The van der Waals surface area contributed by atoms with Gasteiger partial charge in [0, 0.05) is 17.8 Å². The van der Waals surface area contributed by atoms with Crippen LogP contribution in [0.2, 0.25) is 0 Å². The summed E-state index contributed by atoms with van der Waals surface area (Å²) in [6.45, 7) is 1.46. The van der Waals surface area contributed by atoms with Crippen LogP contribution >= 0.6 is 0 Å². The average Bonchev–Trinajstić information content (AvgIpc) is 2.99. The van der Waals surface area contributed by atoms with Crippen molar-refractivity contribution in [2.24, 2.45) is 0 Å². The van der Waals surface area contributed by atoms with Crippen molar-refractivity contribution < 1.29 is 19.6 Å². The number of hydrogen-bond donors (Lipinski definition) is 1. The fourth-order valence-corrected chi connectivity index (χ4v) is 3.23. The van der Waals surface area contributed by atoms with E-state index in [0.717, 1.165) is 5.56 Å². The molecule has 1 N–H and O–H groups in total. The van der Waals surface area contributed by atoms with Crippen LogP contribution in [0.25, 0.3) is 0 Å². The maximum Gasteiger partial charge on any atom is 0.282 e. The summed E-state index contributed by atoms with van der Waals surface area (Å²) in [5.74, 6) is -0.115. The minimum absolute atomic E-state index is 0.0531. The summed E-state index contributed by atoms with van der Waals surface area (Å²) in [4.78, 5) is 25.4. The third-order valence-electron chi connectivity index (χ3n) is 4.44. The number of carbonyl (C=O) groups is 1. The molecular formula is C18H18N2O5. The molecule has 1 aliphatic rings. The highest BCUT2D eigenvalue weighted by Crippen LogP contribution is 2.36. The van der Waals surface area contributed by atoms with Crippen LogP contribution in [0.5, 0.6) is 5.75 Å². The van der Waals surface area contributed by atoms with Crippen molar-refractivity contribution in [2.45, 2.75) is 19.4 Å². The van der Waals surface area contributed by atoms with E-state index < -0.39 is 16.9 Å². The number of aliphatic hydroxyl groups is 1. The van der Waals surface area contributed by atoms with Crippen molar-refractivity contribution in [3.05, 3.63) is 63.2 Å². The summed E-state index contributed by atoms with van der Waals surface area (Å²) in [7, 11) is 1.45. The third-order valence-corrected chi connectivity index (χ3v) is 4.44. The van der Waals surface area contributed by atoms with Gasteiger partial charge in [0.15, 0.2) is 0 Å². The summed E-state index contributed by atoms with van der Waals surface area (Å²) in [5.41, 5.74) is 1.84. The Morgan fingerprint density at radius 3 is 2.76 bits per heavy atom. The van der Waals surface area contributed by atoms with E-state index in [1.165, 1.54) is 24.1 Å². The van der Waals surface area contributed by atoms with Gasteiger partial charge in [0.05, 0.1) is 24.7 Å². The lowest BCUT2D eigenvalue weighted by Crippen LogP contribution is -2.40. The molecule has 7 nitrogen and oxygen atoms in total. The number of aliphatic hydroxyl groups excluding tert-OH is 1. The zero-order valence-corrected chi connectivity index (χ0v) is 13.9. The van der Waals surface area contributed by atoms with E-state index in [1.54, 1.807) is 19.1 Å². The van der Waals surface area contributed by atoms with E-state index in [2.05, 4.69) is 0 Å². The van der Waals surface area contributed by atoms with Gasteiger partial charge in [-0.15, -0.1) is 0 Å². The van der Waals surface area contributed by atoms with E-state index in [0.29, 0.717) is 23.4 Å². The van der Waals surface area contributed by atoms with Crippen LogP contribution < -0.4 is 9.64 Å². The number of methoxy groups -OCH3 is 1. The molecule has 1 aliphatic heterocycles. The number of aryl methyl sites for hydroxylation is 1. The minimum Gasteiger partial charge on any atom is -0.496 e. The van der Waals surface area contributed by atoms with Crippen LogP contribution in [0.1, 0.15) is 21.5 Å². The van der Waals surface area contributed by atoms with Gasteiger partial charge in [0.25, 0.3) is 11.6 Å². The van der Waals surface area contributed by atoms with Crippen molar-refractivity contribution in [1.82, 2.24) is 0 Å². The monoisotopic (exact) mass is 342 g/mol. The first kappa shape index (κ1) is 16.9. The second-order valence-electron chi connectivity index (χ2n) is 5.94. The van der Waals surface area contributed by atoms with Gasteiger partial charge < -0.3 is 14.7 Å². The molecular weight excluding hydrogens is 324 g/mol. The fraction of sp³-hybridized carbons (Fsp3) is 0.278. The predicted molar refractivity (Wildman–Crippen MR) is 92.2 cm³/mol. The molecule has 1 heterocycles. The van der Waals surface area contributed by atoms with Crippen LogP contribution in [0, 0.1) is 17.0 Å². The molecule has 0 radical (unpaired) electrons. The molecule has 1 amide bonds. The molecule has 0 fully saturated rings. The molecule has 0 saturated carbocycles. The van der Waals surface area contributed by atoms with Gasteiger partial charge in [-0.1, -0.05) is 18.2 Å². The standard InChI is InChI=1S/C18H18N2O5/c1-11-7-16(20(23)24)14(9-17(11)25-2)18(22)19-13(10-21)8-12-5-3-4-6-15(12)19/h3-7,9,13,21H,8,10H2,1-2H3/t13-/m0/s1. The lowest BCUT2D eigenvalue weighted by molar-refractivity contribution is -0.385. The lowest BCUT2D eigenvalue weighted by Gasteiger charge is -2.24. The Balaban J connectivity index is 2.13. The van der Waals surface area contributed by atoms with Crippen molar-refractivity contribution in [2.75, 3.05) is 18.6 Å². The van der Waals surface area contributed by atoms with E-state index in [-0.39, 0.29) is 17.9 Å². The number of hydrogen-bond acceptors (Lipinski definition) is 5. The quantitative estimate of drug-likeness (QED) is 0.680. The lowest BCUT2D eigenvalue weighted by atomic mass is 10.1. The molecule has 0 saturated heterocycles. The first-order chi connectivity index (χ1) is 12.0. The number of carbonyl (C=O) groups excluding carboxylic acids is 1. The van der Waals surface area contributed by atoms with Crippen molar-refractivity contribution in [1.29, 1.82) is 0 Å². The Kier molecular flexibility index (Phi) is 4.41. The van der Waals surface area contributed by atoms with Crippen LogP contribution in [-0.2, 0) is 6.42 Å². The molecule has 3 rings (SSSR count). The topological polar surface area (TPSA) is 92.9 Å². The molecule has 2 aromatic carbocycles. The van der Waals surface area contributed by atoms with Crippen LogP contribution in [-0.4, -0.2) is 35.7 Å². The molecule has 2 aromatic rings. The average molecular weight is 342 g/mol. The van der Waals surface area contributed by atoms with Gasteiger partial charge in [0.2, 0.25) is 0 Å². The molecule has 0 aromatic heterocycles. The van der Waals surface area contributed by atoms with E-state index in [1.807, 2.05) is 12.1 Å². The van der Waals surface area contributed by atoms with Gasteiger partial charge in [-0.05, 0) is 30.5 Å². The highest BCUT2D eigenvalue weighted by Gasteiger charge is 2.36. The Bertz CT molecular complexity index is 849. The van der Waals surface area contributed by atoms with E-state index in [9.17, 15) is 20.0 Å². The maximum absolute atomic E-state index is 13.1. The summed E-state index contributed by atoms with van der Waals surface area (Å²) < 4.78 is 5.21. The van der Waals surface area contributed by atoms with Gasteiger partial charge in [0.1, 0.15) is 11.3 Å². The van der Waals surface area contributed by atoms with Crippen molar-refractivity contribution >= 4 is 17.3 Å². The fourth-order valence-electron chi connectivity index (χ4n) is 3.23. The molecule has 7 heteroatoms. The summed E-state index contributed by atoms with van der Waals surface area (Å²) in [6, 6.07) is 9.60. The Hall–Kier alpha value is -2.93. The maximum atomic E-state index is 13.1. The van der Waals surface area contributed by atoms with Crippen molar-refractivity contribution in [3.63, 3.8) is 0 Å². The SMILES string of the molecule is COc1cc(C(=O)N2c3ccccc3C[C@H]2CO)c([N+](=O)[O-])cc1C. The molecule has 0 spiro atoms. The summed E-state index contributed by atoms with van der Waals surface area (Å²) in [6.07, 6.45) is 0.509. The Morgan fingerprint density at radius 2 is 2.12 bits per heavy atom. The Labute approximate surface area is 144 Å². The normalized spacial score (nSPS) is 15.8. The third kappa shape index (κ3) is 2.83. The van der Waals surface area contributed by atoms with Crippen LogP contribution in [0.15, 0.2) is 36.4 Å². The Morgan fingerprint density at radius 1 is 1.40 bits per heavy atom. The van der Waals surface area contributed by atoms with Gasteiger partial charge >= 0.3 is 0 Å². The second-order valence-corrected chi connectivity index (χ2v) is 5.94. The summed E-state index contributed by atoms with van der Waals surface area (Å²) >= 11 is 0. The predicted octanol–water partition coefficient (Wildman–Crippen LogP) is 2.48. The number of rotatable bonds is 4. The van der Waals surface area contributed by atoms with E-state index >= 15 is 0 Å². The van der Waals surface area contributed by atoms with Crippen LogP contribution in [0.3, 0.4) is 0 Å². The van der Waals surface area contributed by atoms with Crippen LogP contribution in [0.4, 0.5) is 11.4 Å². The summed E-state index contributed by atoms with van der Waals surface area (Å²) in [5, 5.41) is 21.1. The number of nitro groups is 1. The first-order valence-corrected chi connectivity index (χ1v) is 7.83. The first-order valence-electron chi connectivity index (χ1n) is 7.83. The molecule has 1 atom stereocenters. The molecule has 25 heavy (non-hydrogen) atoms. The number of amides is 1.